The summed E-state index contributed by atoms with van der Waals surface area (Å²) in [4.78, 5) is 23.0. The first-order chi connectivity index (χ1) is 11.1. The number of aromatic nitrogens is 2. The third-order valence-corrected chi connectivity index (χ3v) is 3.09. The van der Waals surface area contributed by atoms with Gasteiger partial charge in [0.2, 0.25) is 5.89 Å². The lowest BCUT2D eigenvalue weighted by atomic mass is 10.1. The molecule has 0 aliphatic carbocycles. The van der Waals surface area contributed by atoms with Crippen molar-refractivity contribution in [2.75, 3.05) is 19.5 Å². The van der Waals surface area contributed by atoms with Crippen molar-refractivity contribution >= 4 is 18.0 Å². The van der Waals surface area contributed by atoms with Crippen molar-refractivity contribution in [1.82, 2.24) is 10.2 Å². The van der Waals surface area contributed by atoms with Crippen molar-refractivity contribution in [3.05, 3.63) is 30.3 Å². The molecule has 1 N–H and O–H groups in total. The molecule has 0 radical (unpaired) electrons. The van der Waals surface area contributed by atoms with E-state index in [9.17, 15) is 9.59 Å². The van der Waals surface area contributed by atoms with Crippen molar-refractivity contribution in [2.45, 2.75) is 18.9 Å². The molecule has 2 aromatic rings. The van der Waals surface area contributed by atoms with Crippen molar-refractivity contribution in [3.8, 4) is 11.5 Å². The van der Waals surface area contributed by atoms with Gasteiger partial charge in [0.15, 0.2) is 0 Å². The lowest BCUT2D eigenvalue weighted by Gasteiger charge is -2.13. The molecule has 0 amide bonds. The molecule has 1 aromatic carbocycles. The molecule has 8 nitrogen and oxygen atoms in total. The number of carbonyl (C=O) groups excluding carboxylic acids is 2. The van der Waals surface area contributed by atoms with Gasteiger partial charge in [-0.1, -0.05) is 23.3 Å². The second kappa shape index (κ2) is 7.92. The van der Waals surface area contributed by atoms with Crippen LogP contribution in [0.1, 0.15) is 12.8 Å². The zero-order chi connectivity index (χ0) is 16.7. The number of carbonyl (C=O) groups is 2. The summed E-state index contributed by atoms with van der Waals surface area (Å²) in [5.74, 6) is -0.630. The summed E-state index contributed by atoms with van der Waals surface area (Å²) < 4.78 is 14.7. The van der Waals surface area contributed by atoms with Crippen LogP contribution < -0.4 is 5.32 Å². The van der Waals surface area contributed by atoms with Crippen LogP contribution >= 0.6 is 0 Å². The largest absolute Gasteiger partial charge is 0.469 e. The van der Waals surface area contributed by atoms with Crippen LogP contribution in [0.2, 0.25) is 0 Å². The highest BCUT2D eigenvalue weighted by Gasteiger charge is 2.23. The third-order valence-electron chi connectivity index (χ3n) is 3.09. The molecule has 0 unspecified atom stereocenters. The summed E-state index contributed by atoms with van der Waals surface area (Å²) in [5, 5.41) is 10.5. The summed E-state index contributed by atoms with van der Waals surface area (Å²) in [5.41, 5.74) is 0.761. The molecule has 0 saturated heterocycles. The zero-order valence-electron chi connectivity index (χ0n) is 12.8. The first-order valence-electron chi connectivity index (χ1n) is 6.94. The van der Waals surface area contributed by atoms with E-state index in [4.69, 9.17) is 9.15 Å². The maximum Gasteiger partial charge on any atom is 0.328 e. The van der Waals surface area contributed by atoms with Gasteiger partial charge >= 0.3 is 18.0 Å². The van der Waals surface area contributed by atoms with Gasteiger partial charge in [0.1, 0.15) is 6.04 Å². The average molecular weight is 319 g/mol. The molecule has 2 rings (SSSR count). The quantitative estimate of drug-likeness (QED) is 0.768. The molecular formula is C15H17N3O5. The number of hydrogen-bond acceptors (Lipinski definition) is 8. The third kappa shape index (κ3) is 4.53. The predicted molar refractivity (Wildman–Crippen MR) is 80.4 cm³/mol. The standard InChI is InChI=1S/C15H17N3O5/c1-21-12(19)9-8-11(14(20)22-2)16-15-18-17-13(23-15)10-6-4-3-5-7-10/h3-7,11H,8-9H2,1-2H3,(H,16,18)/t11-/m0/s1. The smallest absolute Gasteiger partial charge is 0.328 e. The van der Waals surface area contributed by atoms with Gasteiger partial charge in [0, 0.05) is 12.0 Å². The van der Waals surface area contributed by atoms with Crippen molar-refractivity contribution in [3.63, 3.8) is 0 Å². The highest BCUT2D eigenvalue weighted by molar-refractivity contribution is 5.79. The minimum absolute atomic E-state index is 0.0585. The minimum atomic E-state index is -0.789. The number of hydrogen-bond donors (Lipinski definition) is 1. The van der Waals surface area contributed by atoms with Crippen LogP contribution in [-0.4, -0.2) is 42.4 Å². The van der Waals surface area contributed by atoms with Crippen molar-refractivity contribution in [2.24, 2.45) is 0 Å². The molecule has 0 aliphatic rings. The van der Waals surface area contributed by atoms with Crippen LogP contribution in [0.25, 0.3) is 11.5 Å². The average Bonchev–Trinajstić information content (AvgIpc) is 3.06. The van der Waals surface area contributed by atoms with Crippen molar-refractivity contribution < 1.29 is 23.5 Å². The van der Waals surface area contributed by atoms with E-state index in [1.807, 2.05) is 30.3 Å². The number of rotatable bonds is 7. The Balaban J connectivity index is 2.06. The monoisotopic (exact) mass is 319 g/mol. The molecule has 23 heavy (non-hydrogen) atoms. The minimum Gasteiger partial charge on any atom is -0.469 e. The van der Waals surface area contributed by atoms with Crippen LogP contribution in [0, 0.1) is 0 Å². The number of ether oxygens (including phenoxy) is 2. The summed E-state index contributed by atoms with van der Waals surface area (Å²) in [6, 6.07) is 8.51. The van der Waals surface area contributed by atoms with Gasteiger partial charge in [0.25, 0.3) is 0 Å². The molecule has 0 saturated carbocycles. The Kier molecular flexibility index (Phi) is 5.67. The Labute approximate surface area is 132 Å². The molecule has 0 spiro atoms. The molecule has 1 atom stereocenters. The molecule has 0 aliphatic heterocycles. The lowest BCUT2D eigenvalue weighted by molar-refractivity contribution is -0.143. The first-order valence-corrected chi connectivity index (χ1v) is 6.94. The summed E-state index contributed by atoms with van der Waals surface area (Å²) >= 11 is 0. The summed E-state index contributed by atoms with van der Waals surface area (Å²) in [7, 11) is 2.55. The second-order valence-corrected chi connectivity index (χ2v) is 4.61. The summed E-state index contributed by atoms with van der Waals surface area (Å²) in [6.45, 7) is 0. The SMILES string of the molecule is COC(=O)CC[C@H](Nc1nnc(-c2ccccc2)o1)C(=O)OC. The van der Waals surface area contributed by atoms with Gasteiger partial charge in [-0.25, -0.2) is 4.79 Å². The molecular weight excluding hydrogens is 302 g/mol. The normalized spacial score (nSPS) is 11.6. The molecule has 1 aromatic heterocycles. The van der Waals surface area contributed by atoms with E-state index in [0.717, 1.165) is 5.56 Å². The molecule has 1 heterocycles. The maximum absolute atomic E-state index is 11.8. The highest BCUT2D eigenvalue weighted by atomic mass is 16.5. The molecule has 122 valence electrons. The van der Waals surface area contributed by atoms with E-state index in [1.54, 1.807) is 0 Å². The van der Waals surface area contributed by atoms with Crippen LogP contribution in [-0.2, 0) is 19.1 Å². The van der Waals surface area contributed by atoms with E-state index < -0.39 is 18.0 Å². The van der Waals surface area contributed by atoms with Gasteiger partial charge in [-0.05, 0) is 18.6 Å². The fourth-order valence-corrected chi connectivity index (χ4v) is 1.88. The fraction of sp³-hybridized carbons (Fsp3) is 0.333. The van der Waals surface area contributed by atoms with Gasteiger partial charge in [0.05, 0.1) is 14.2 Å². The Bertz CT molecular complexity index is 656. The van der Waals surface area contributed by atoms with Gasteiger partial charge in [-0.2, -0.15) is 0 Å². The number of esters is 2. The first kappa shape index (κ1) is 16.5. The Morgan fingerprint density at radius 1 is 1.17 bits per heavy atom. The highest BCUT2D eigenvalue weighted by Crippen LogP contribution is 2.20. The van der Waals surface area contributed by atoms with Crippen LogP contribution in [0.15, 0.2) is 34.7 Å². The van der Waals surface area contributed by atoms with Gasteiger partial charge < -0.3 is 19.2 Å². The molecule has 0 bridgehead atoms. The topological polar surface area (TPSA) is 104 Å². The lowest BCUT2D eigenvalue weighted by Crippen LogP contribution is -2.31. The van der Waals surface area contributed by atoms with Gasteiger partial charge in [-0.15, -0.1) is 5.10 Å². The number of nitrogens with zero attached hydrogens (tertiary/aromatic N) is 2. The van der Waals surface area contributed by atoms with Crippen LogP contribution in [0.4, 0.5) is 6.01 Å². The van der Waals surface area contributed by atoms with Crippen LogP contribution in [0.5, 0.6) is 0 Å². The number of benzene rings is 1. The fourth-order valence-electron chi connectivity index (χ4n) is 1.88. The zero-order valence-corrected chi connectivity index (χ0v) is 12.8. The maximum atomic E-state index is 11.8. The number of nitrogens with one attached hydrogen (secondary N) is 1. The van der Waals surface area contributed by atoms with E-state index in [1.165, 1.54) is 14.2 Å². The van der Waals surface area contributed by atoms with E-state index in [-0.39, 0.29) is 18.9 Å². The molecule has 8 heteroatoms. The van der Waals surface area contributed by atoms with E-state index in [2.05, 4.69) is 20.3 Å². The van der Waals surface area contributed by atoms with E-state index in [0.29, 0.717) is 5.89 Å². The van der Waals surface area contributed by atoms with Crippen molar-refractivity contribution in [1.29, 1.82) is 0 Å². The Morgan fingerprint density at radius 2 is 1.91 bits per heavy atom. The number of anilines is 1. The molecule has 0 fully saturated rings. The second-order valence-electron chi connectivity index (χ2n) is 4.61. The summed E-state index contributed by atoms with van der Waals surface area (Å²) in [6.07, 6.45) is 0.241. The Hall–Kier alpha value is -2.90. The predicted octanol–water partition coefficient (Wildman–Crippen LogP) is 1.64. The van der Waals surface area contributed by atoms with E-state index >= 15 is 0 Å². The Morgan fingerprint density at radius 3 is 2.57 bits per heavy atom. The van der Waals surface area contributed by atoms with Gasteiger partial charge in [-0.3, -0.25) is 4.79 Å². The van der Waals surface area contributed by atoms with Crippen LogP contribution in [0.3, 0.4) is 0 Å². The number of methoxy groups -OCH3 is 2.